The average Bonchev–Trinajstić information content (AvgIpc) is 0.766. The van der Waals surface area contributed by atoms with Crippen LogP contribution in [0.5, 0.6) is 5.75 Å². The summed E-state index contributed by atoms with van der Waals surface area (Å²) in [5.74, 6) is -7.08. The number of amidine groups is 1. The number of rotatable bonds is 46. The van der Waals surface area contributed by atoms with E-state index in [1.54, 1.807) is 0 Å². The number of amides is 4. The Morgan fingerprint density at radius 3 is 1.59 bits per heavy atom. The second-order valence-electron chi connectivity index (χ2n) is 24.2. The molecule has 2 fully saturated rings. The number of nitrogens with zero attached hydrogens (tertiary/aromatic N) is 5. The van der Waals surface area contributed by atoms with Gasteiger partial charge in [-0.15, -0.1) is 0 Å². The number of aliphatic carboxylic acids is 2. The topological polar surface area (TPSA) is 482 Å². The summed E-state index contributed by atoms with van der Waals surface area (Å²) in [6.45, 7) is 16.5. The van der Waals surface area contributed by atoms with Crippen molar-refractivity contribution in [2.45, 2.75) is 108 Å². The lowest BCUT2D eigenvalue weighted by molar-refractivity contribution is -0.190. The Balaban J connectivity index is 1.09. The molecule has 1 aromatic carbocycles. The number of aliphatic hydroxyl groups excluding tert-OH is 4. The van der Waals surface area contributed by atoms with Gasteiger partial charge in [0.25, 0.3) is 0 Å². The SMILES string of the molecule is CCCOCCOCCOCCOCCOc1cc(CCN2CCN(CCNC(=O)CO[C@@H]([C@@H]3OC(C(=O)O)=C[C@H](CC(=N)N)[C@H]3NC(C)=O)[C@H](O)CO)CC2)cc(CCN2CCN(CCNC(=O)CO[C@H]([C@H](O)CO)[C@]3(C)OC(C(=O)O)=C[C@H](N=C(N)N)[C@H]3NC(C)=O)CC2)c1. The molecule has 548 valence electrons. The molecule has 0 aromatic heterocycles. The number of benzene rings is 1. The third-order valence-corrected chi connectivity index (χ3v) is 16.6. The molecule has 4 heterocycles. The number of ether oxygens (including phenoxy) is 9. The molecule has 0 aliphatic carbocycles. The van der Waals surface area contributed by atoms with E-state index < -0.39 is 140 Å². The Labute approximate surface area is 565 Å². The van der Waals surface area contributed by atoms with Crippen LogP contribution in [0, 0.1) is 11.3 Å². The lowest BCUT2D eigenvalue weighted by Gasteiger charge is -2.48. The van der Waals surface area contributed by atoms with Gasteiger partial charge in [-0.05, 0) is 61.6 Å². The first kappa shape index (κ1) is 80.8. The Hall–Kier alpha value is -6.90. The summed E-state index contributed by atoms with van der Waals surface area (Å²) >= 11 is 0. The molecule has 97 heavy (non-hydrogen) atoms. The summed E-state index contributed by atoms with van der Waals surface area (Å²) in [5, 5.41) is 80.1. The van der Waals surface area contributed by atoms with Crippen LogP contribution < -0.4 is 43.2 Å². The van der Waals surface area contributed by atoms with Crippen molar-refractivity contribution in [3.05, 3.63) is 53.0 Å². The van der Waals surface area contributed by atoms with Crippen LogP contribution in [0.3, 0.4) is 0 Å². The van der Waals surface area contributed by atoms with E-state index in [9.17, 15) is 59.4 Å². The van der Waals surface area contributed by atoms with Crippen molar-refractivity contribution >= 4 is 47.4 Å². The van der Waals surface area contributed by atoms with Gasteiger partial charge in [-0.2, -0.15) is 0 Å². The van der Waals surface area contributed by atoms with E-state index >= 15 is 0 Å². The summed E-state index contributed by atoms with van der Waals surface area (Å²) in [7, 11) is 0. The lowest BCUT2D eigenvalue weighted by Crippen LogP contribution is -2.68. The number of aliphatic hydroxyl groups is 4. The number of hydrogen-bond donors (Lipinski definition) is 14. The number of carboxylic acid groups (broad SMARTS) is 2. The molecule has 4 aliphatic heterocycles. The minimum atomic E-state index is -1.91. The number of carbonyl (C=O) groups excluding carboxylic acids is 4. The number of hydrogen-bond acceptors (Lipinski definition) is 25. The number of carbonyl (C=O) groups is 6. The predicted octanol–water partition coefficient (Wildman–Crippen LogP) is -4.71. The van der Waals surface area contributed by atoms with Gasteiger partial charge < -0.3 is 122 Å². The monoisotopic (exact) mass is 1380 g/mol. The fourth-order valence-corrected chi connectivity index (χ4v) is 11.8. The summed E-state index contributed by atoms with van der Waals surface area (Å²) in [6, 6.07) is 2.93. The highest BCUT2D eigenvalue weighted by atomic mass is 16.6. The molecule has 1 aromatic rings. The van der Waals surface area contributed by atoms with Crippen molar-refractivity contribution in [2.75, 3.05) is 178 Å². The zero-order valence-electron chi connectivity index (χ0n) is 56.3. The molecule has 34 nitrogen and oxygen atoms in total. The van der Waals surface area contributed by atoms with E-state index in [2.05, 4.69) is 71.0 Å². The summed E-state index contributed by atoms with van der Waals surface area (Å²) in [6.07, 6.45) is -3.11. The number of guanidine groups is 1. The van der Waals surface area contributed by atoms with E-state index in [1.807, 2.05) is 0 Å². The van der Waals surface area contributed by atoms with Crippen LogP contribution in [-0.2, 0) is 79.5 Å². The fourth-order valence-electron chi connectivity index (χ4n) is 11.8. The number of nitrogens with one attached hydrogen (secondary N) is 5. The Bertz CT molecular complexity index is 2730. The summed E-state index contributed by atoms with van der Waals surface area (Å²) in [5.41, 5.74) is 17.3. The standard InChI is InChI=1S/C63H105N13O21/c1-5-22-89-23-24-90-25-26-91-27-28-92-29-30-93-46-32-43(6-10-73-14-18-75(19-15-73)12-8-68-53(83)39-94-56(48(81)37-77)57-55(70-41(2)79)45(35-52(64)65)34-50(96-57)60(85)86)31-44(33-46)7-11-74-16-20-76(21-17-74)13-9-69-54(84)40-95-59(49(82)38-78)63(4)58(71-42(3)80)47(72-62(66)67)36-51(97-63)61(87)88/h31-34,36,45,47-49,55-59,77-78,81-82H,5-30,35,37-40H2,1-4H3,(H3,64,65)(H,68,83)(H,69,84)(H,70,79)(H,71,80)(H,85,86)(H,87,88)(H4,66,67,72)/t45-,47+,48-,49-,55-,56-,57-,58-,59-,63-/m1/s1. The lowest BCUT2D eigenvalue weighted by atomic mass is 9.80. The highest BCUT2D eigenvalue weighted by Crippen LogP contribution is 2.36. The maximum Gasteiger partial charge on any atom is 0.370 e. The van der Waals surface area contributed by atoms with Gasteiger partial charge in [-0.3, -0.25) is 34.4 Å². The zero-order valence-corrected chi connectivity index (χ0v) is 56.3. The van der Waals surface area contributed by atoms with Crippen LogP contribution in [-0.4, -0.2) is 329 Å². The predicted molar refractivity (Wildman–Crippen MR) is 351 cm³/mol. The van der Waals surface area contributed by atoms with Crippen LogP contribution in [0.4, 0.5) is 0 Å². The zero-order chi connectivity index (χ0) is 70.9. The molecule has 0 bridgehead atoms. The molecule has 10 atom stereocenters. The molecule has 2 saturated heterocycles. The molecular formula is C63H105N13O21. The molecule has 4 aliphatic rings. The van der Waals surface area contributed by atoms with Crippen molar-refractivity contribution in [1.29, 1.82) is 5.41 Å². The Kier molecular flexibility index (Phi) is 35.7. The van der Waals surface area contributed by atoms with E-state index in [0.29, 0.717) is 72.6 Å². The molecule has 17 N–H and O–H groups in total. The molecule has 0 radical (unpaired) electrons. The van der Waals surface area contributed by atoms with Crippen molar-refractivity contribution < 1.29 is 102 Å². The molecule has 4 amide bonds. The van der Waals surface area contributed by atoms with Crippen LogP contribution in [0.1, 0.15) is 51.7 Å². The number of piperazine rings is 2. The highest BCUT2D eigenvalue weighted by molar-refractivity contribution is 5.86. The maximum atomic E-state index is 13.2. The van der Waals surface area contributed by atoms with Gasteiger partial charge in [0.1, 0.15) is 62.1 Å². The number of nitrogens with two attached hydrogens (primary N) is 3. The van der Waals surface area contributed by atoms with Gasteiger partial charge in [-0.25, -0.2) is 14.6 Å². The van der Waals surface area contributed by atoms with Gasteiger partial charge in [0.15, 0.2) is 11.6 Å². The average molecular weight is 1380 g/mol. The molecule has 0 spiro atoms. The second kappa shape index (κ2) is 42.8. The first-order valence-corrected chi connectivity index (χ1v) is 32.9. The Morgan fingerprint density at radius 2 is 1.13 bits per heavy atom. The van der Waals surface area contributed by atoms with E-state index in [-0.39, 0.29) is 25.3 Å². The molecular weight excluding hydrogens is 1270 g/mol. The molecule has 0 saturated carbocycles. The normalized spacial score (nSPS) is 22.2. The quantitative estimate of drug-likeness (QED) is 0.0166. The smallest absolute Gasteiger partial charge is 0.370 e. The maximum absolute atomic E-state index is 13.2. The van der Waals surface area contributed by atoms with Crippen LogP contribution in [0.2, 0.25) is 0 Å². The third-order valence-electron chi connectivity index (χ3n) is 16.6. The van der Waals surface area contributed by atoms with E-state index in [1.165, 1.54) is 26.8 Å². The molecule has 0 unspecified atom stereocenters. The van der Waals surface area contributed by atoms with Gasteiger partial charge >= 0.3 is 11.9 Å². The Morgan fingerprint density at radius 1 is 0.660 bits per heavy atom. The third kappa shape index (κ3) is 28.5. The molecule has 5 rings (SSSR count). The van der Waals surface area contributed by atoms with Crippen molar-refractivity contribution in [1.82, 2.24) is 40.9 Å². The highest BCUT2D eigenvalue weighted by Gasteiger charge is 2.55. The summed E-state index contributed by atoms with van der Waals surface area (Å²) in [4.78, 5) is 88.4. The minimum absolute atomic E-state index is 0.156. The fraction of sp³-hybridized carbons (Fsp3) is 0.714. The van der Waals surface area contributed by atoms with Crippen molar-refractivity contribution in [2.24, 2.45) is 28.1 Å². The number of carboxylic acids is 2. The van der Waals surface area contributed by atoms with Gasteiger partial charge in [0.2, 0.25) is 35.1 Å². The largest absolute Gasteiger partial charge is 0.491 e. The van der Waals surface area contributed by atoms with Gasteiger partial charge in [0, 0.05) is 124 Å². The summed E-state index contributed by atoms with van der Waals surface area (Å²) < 4.78 is 51.9. The van der Waals surface area contributed by atoms with Crippen molar-refractivity contribution in [3.63, 3.8) is 0 Å². The van der Waals surface area contributed by atoms with Crippen LogP contribution >= 0.6 is 0 Å². The van der Waals surface area contributed by atoms with Crippen LogP contribution in [0.25, 0.3) is 0 Å². The number of aliphatic imine (C=N–C) groups is 1. The first-order chi connectivity index (χ1) is 46.4. The minimum Gasteiger partial charge on any atom is -0.491 e. The van der Waals surface area contributed by atoms with Gasteiger partial charge in [0.05, 0.1) is 77.4 Å². The van der Waals surface area contributed by atoms with Crippen LogP contribution in [0.15, 0.2) is 46.9 Å². The van der Waals surface area contributed by atoms with E-state index in [0.717, 1.165) is 108 Å². The molecule has 34 heteroatoms. The van der Waals surface area contributed by atoms with Gasteiger partial charge in [-0.1, -0.05) is 13.0 Å². The van der Waals surface area contributed by atoms with E-state index in [4.69, 9.17) is 65.2 Å². The second-order valence-corrected chi connectivity index (χ2v) is 24.2. The first-order valence-electron chi connectivity index (χ1n) is 32.9. The van der Waals surface area contributed by atoms with Crippen molar-refractivity contribution in [3.8, 4) is 5.75 Å².